The Hall–Kier alpha value is -3.55. The zero-order chi connectivity index (χ0) is 19.8. The van der Waals surface area contributed by atoms with E-state index < -0.39 is 17.8 Å². The summed E-state index contributed by atoms with van der Waals surface area (Å²) in [6.07, 6.45) is -0.153. The molecule has 2 heterocycles. The lowest BCUT2D eigenvalue weighted by molar-refractivity contribution is -0.123. The second kappa shape index (κ2) is 6.88. The van der Waals surface area contributed by atoms with Crippen LogP contribution >= 0.6 is 0 Å². The number of nitrogens with zero attached hydrogens (tertiary/aromatic N) is 2. The van der Waals surface area contributed by atoms with Gasteiger partial charge in [0, 0.05) is 11.3 Å². The van der Waals surface area contributed by atoms with Gasteiger partial charge in [-0.2, -0.15) is 5.10 Å². The van der Waals surface area contributed by atoms with Crippen molar-refractivity contribution in [2.75, 3.05) is 10.6 Å². The SMILES string of the molecule is Cc1nn2c(c1-c1ccc(F)cc1)NC(=O)C2CC(=O)Nc1cccc(F)c1. The third-order valence-electron chi connectivity index (χ3n) is 4.54. The van der Waals surface area contributed by atoms with Crippen LogP contribution < -0.4 is 10.6 Å². The van der Waals surface area contributed by atoms with Crippen molar-refractivity contribution < 1.29 is 18.4 Å². The summed E-state index contributed by atoms with van der Waals surface area (Å²) < 4.78 is 28.0. The van der Waals surface area contributed by atoms with Crippen molar-refractivity contribution in [3.8, 4) is 11.1 Å². The number of hydrogen-bond acceptors (Lipinski definition) is 3. The normalized spacial score (nSPS) is 15.2. The van der Waals surface area contributed by atoms with E-state index in [-0.39, 0.29) is 18.1 Å². The van der Waals surface area contributed by atoms with Gasteiger partial charge in [-0.1, -0.05) is 18.2 Å². The molecule has 1 aromatic heterocycles. The van der Waals surface area contributed by atoms with E-state index >= 15 is 0 Å². The van der Waals surface area contributed by atoms with Gasteiger partial charge >= 0.3 is 0 Å². The van der Waals surface area contributed by atoms with Gasteiger partial charge in [0.2, 0.25) is 5.91 Å². The van der Waals surface area contributed by atoms with E-state index in [9.17, 15) is 18.4 Å². The number of carbonyl (C=O) groups is 2. The Balaban J connectivity index is 1.58. The summed E-state index contributed by atoms with van der Waals surface area (Å²) in [7, 11) is 0. The Bertz CT molecular complexity index is 1080. The molecule has 0 aliphatic carbocycles. The van der Waals surface area contributed by atoms with Crippen molar-refractivity contribution in [3.63, 3.8) is 0 Å². The molecule has 28 heavy (non-hydrogen) atoms. The molecule has 4 rings (SSSR count). The number of benzene rings is 2. The van der Waals surface area contributed by atoms with Crippen LogP contribution in [0.15, 0.2) is 48.5 Å². The van der Waals surface area contributed by atoms with Crippen LogP contribution in [0.25, 0.3) is 11.1 Å². The minimum Gasteiger partial charge on any atom is -0.326 e. The molecule has 1 unspecified atom stereocenters. The molecular formula is C20H16F2N4O2. The third kappa shape index (κ3) is 3.24. The average Bonchev–Trinajstić information content (AvgIpc) is 3.10. The Morgan fingerprint density at radius 3 is 2.64 bits per heavy atom. The van der Waals surface area contributed by atoms with Gasteiger partial charge in [-0.05, 0) is 42.8 Å². The third-order valence-corrected chi connectivity index (χ3v) is 4.54. The maximum absolute atomic E-state index is 13.3. The number of carbonyl (C=O) groups excluding carboxylic acids is 2. The lowest BCUT2D eigenvalue weighted by Crippen LogP contribution is -2.23. The molecule has 6 nitrogen and oxygen atoms in total. The van der Waals surface area contributed by atoms with Gasteiger partial charge in [0.15, 0.2) is 0 Å². The summed E-state index contributed by atoms with van der Waals surface area (Å²) >= 11 is 0. The van der Waals surface area contributed by atoms with Crippen LogP contribution in [0.2, 0.25) is 0 Å². The summed E-state index contributed by atoms with van der Waals surface area (Å²) in [4.78, 5) is 24.7. The molecule has 3 aromatic rings. The van der Waals surface area contributed by atoms with E-state index in [0.717, 1.165) is 0 Å². The van der Waals surface area contributed by atoms with Gasteiger partial charge in [-0.15, -0.1) is 0 Å². The van der Waals surface area contributed by atoms with Crippen LogP contribution in [0.1, 0.15) is 18.2 Å². The van der Waals surface area contributed by atoms with E-state index in [1.165, 1.54) is 35.0 Å². The standard InChI is InChI=1S/C20H16F2N4O2/c1-11-18(12-5-7-13(21)8-6-12)19-24-20(28)16(26(19)25-11)10-17(27)23-15-4-2-3-14(22)9-15/h2-9,16H,10H2,1H3,(H,23,27)(H,24,28). The van der Waals surface area contributed by atoms with Crippen LogP contribution in [0, 0.1) is 18.6 Å². The largest absolute Gasteiger partial charge is 0.326 e. The van der Waals surface area contributed by atoms with Crippen LogP contribution in [0.3, 0.4) is 0 Å². The zero-order valence-electron chi connectivity index (χ0n) is 14.9. The summed E-state index contributed by atoms with van der Waals surface area (Å²) in [6.45, 7) is 1.78. The fourth-order valence-electron chi connectivity index (χ4n) is 3.30. The molecule has 0 saturated carbocycles. The molecule has 2 N–H and O–H groups in total. The first-order valence-electron chi connectivity index (χ1n) is 8.63. The quantitative estimate of drug-likeness (QED) is 0.723. The highest BCUT2D eigenvalue weighted by molar-refractivity contribution is 6.04. The van der Waals surface area contributed by atoms with Gasteiger partial charge in [-0.25, -0.2) is 13.5 Å². The van der Waals surface area contributed by atoms with Gasteiger partial charge in [0.1, 0.15) is 23.5 Å². The highest BCUT2D eigenvalue weighted by atomic mass is 19.1. The first-order valence-corrected chi connectivity index (χ1v) is 8.63. The van der Waals surface area contributed by atoms with Crippen LogP contribution in [-0.2, 0) is 9.59 Å². The molecule has 142 valence electrons. The average molecular weight is 382 g/mol. The van der Waals surface area contributed by atoms with E-state index in [1.807, 2.05) is 0 Å². The van der Waals surface area contributed by atoms with Gasteiger partial charge in [0.25, 0.3) is 5.91 Å². The molecular weight excluding hydrogens is 366 g/mol. The monoisotopic (exact) mass is 382 g/mol. The molecule has 0 spiro atoms. The number of aromatic nitrogens is 2. The lowest BCUT2D eigenvalue weighted by atomic mass is 10.1. The first kappa shape index (κ1) is 17.8. The van der Waals surface area contributed by atoms with Crippen LogP contribution in [0.5, 0.6) is 0 Å². The van der Waals surface area contributed by atoms with Crippen molar-refractivity contribution >= 4 is 23.3 Å². The molecule has 0 radical (unpaired) electrons. The van der Waals surface area contributed by atoms with E-state index in [4.69, 9.17) is 0 Å². The maximum Gasteiger partial charge on any atom is 0.251 e. The number of nitrogens with one attached hydrogen (secondary N) is 2. The molecule has 1 aliphatic rings. The maximum atomic E-state index is 13.3. The minimum atomic E-state index is -0.823. The minimum absolute atomic E-state index is 0.153. The summed E-state index contributed by atoms with van der Waals surface area (Å²) in [5.74, 6) is -1.15. The predicted molar refractivity (Wildman–Crippen MR) is 99.7 cm³/mol. The Morgan fingerprint density at radius 2 is 1.93 bits per heavy atom. The molecule has 2 aromatic carbocycles. The van der Waals surface area contributed by atoms with Crippen molar-refractivity contribution in [2.45, 2.75) is 19.4 Å². The number of anilines is 2. The second-order valence-electron chi connectivity index (χ2n) is 6.53. The molecule has 8 heteroatoms. The van der Waals surface area contributed by atoms with Gasteiger partial charge in [0.05, 0.1) is 12.1 Å². The molecule has 1 aliphatic heterocycles. The van der Waals surface area contributed by atoms with Crippen LogP contribution in [-0.4, -0.2) is 21.6 Å². The Morgan fingerprint density at radius 1 is 1.18 bits per heavy atom. The number of rotatable bonds is 4. The van der Waals surface area contributed by atoms with E-state index in [0.29, 0.717) is 28.3 Å². The summed E-state index contributed by atoms with van der Waals surface area (Å²) in [5, 5.41) is 9.73. The Labute approximate surface area is 159 Å². The van der Waals surface area contributed by atoms with Crippen LogP contribution in [0.4, 0.5) is 20.3 Å². The number of fused-ring (bicyclic) bond motifs is 1. The molecule has 0 fully saturated rings. The second-order valence-corrected chi connectivity index (χ2v) is 6.53. The number of hydrogen-bond donors (Lipinski definition) is 2. The summed E-state index contributed by atoms with van der Waals surface area (Å²) in [6, 6.07) is 10.6. The predicted octanol–water partition coefficient (Wildman–Crippen LogP) is 3.66. The Kier molecular flexibility index (Phi) is 4.38. The number of aryl methyl sites for hydroxylation is 1. The fourth-order valence-corrected chi connectivity index (χ4v) is 3.30. The van der Waals surface area contributed by atoms with E-state index in [2.05, 4.69) is 15.7 Å². The van der Waals surface area contributed by atoms with Gasteiger partial charge < -0.3 is 10.6 Å². The summed E-state index contributed by atoms with van der Waals surface area (Å²) in [5.41, 5.74) is 2.36. The number of amides is 2. The van der Waals surface area contributed by atoms with E-state index in [1.54, 1.807) is 25.1 Å². The molecule has 1 atom stereocenters. The topological polar surface area (TPSA) is 76.0 Å². The highest BCUT2D eigenvalue weighted by Gasteiger charge is 2.36. The molecule has 0 saturated heterocycles. The van der Waals surface area contributed by atoms with Crippen molar-refractivity contribution in [1.82, 2.24) is 9.78 Å². The number of halogens is 2. The molecule has 0 bridgehead atoms. The van der Waals surface area contributed by atoms with Crippen molar-refractivity contribution in [1.29, 1.82) is 0 Å². The fraction of sp³-hybridized carbons (Fsp3) is 0.150. The van der Waals surface area contributed by atoms with Crippen molar-refractivity contribution in [3.05, 3.63) is 65.9 Å². The zero-order valence-corrected chi connectivity index (χ0v) is 14.9. The van der Waals surface area contributed by atoms with Crippen molar-refractivity contribution in [2.24, 2.45) is 0 Å². The lowest BCUT2D eigenvalue weighted by Gasteiger charge is -2.10. The van der Waals surface area contributed by atoms with Gasteiger partial charge in [-0.3, -0.25) is 9.59 Å². The highest BCUT2D eigenvalue weighted by Crippen LogP contribution is 2.38. The first-order chi connectivity index (χ1) is 13.4. The smallest absolute Gasteiger partial charge is 0.251 e. The molecule has 2 amide bonds.